The number of nitrogens with one attached hydrogen (secondary N) is 2. The Kier molecular flexibility index (Phi) is 6.87. The summed E-state index contributed by atoms with van der Waals surface area (Å²) >= 11 is 0. The van der Waals surface area contributed by atoms with Crippen molar-refractivity contribution in [3.05, 3.63) is 82.6 Å². The first-order valence-electron chi connectivity index (χ1n) is 13.2. The standard InChI is InChI=1S/C27H30N4O6.H3N/c32-22-20(24(33)30(26(35)28-22)15-9-3-1-4-10-15)19-17-13-7-8-14-18(17)37-23-21(19)25(34)31(27(36)29-23)16-11-5-2-6-12-16;/h7-8,13-16,19,33H,1-6,9-12H2,(H,29,36)(H,28,32,35);1H3. The first-order chi connectivity index (χ1) is 18.0. The number of nitrogens with zero attached hydrogens (tertiary/aromatic N) is 2. The third kappa shape index (κ3) is 4.10. The molecule has 2 aliphatic carbocycles. The Morgan fingerprint density at radius 1 is 0.763 bits per heavy atom. The monoisotopic (exact) mass is 523 g/mol. The van der Waals surface area contributed by atoms with Crippen LogP contribution in [0.25, 0.3) is 0 Å². The predicted octanol–water partition coefficient (Wildman–Crippen LogP) is 3.13. The number of quaternary nitrogens is 1. The number of H-pyrrole nitrogens is 2. The molecule has 6 N–H and O–H groups in total. The zero-order chi connectivity index (χ0) is 25.7. The first-order valence-corrected chi connectivity index (χ1v) is 13.2. The van der Waals surface area contributed by atoms with Crippen molar-refractivity contribution in [1.29, 1.82) is 0 Å². The van der Waals surface area contributed by atoms with Crippen LogP contribution in [-0.2, 0) is 0 Å². The number of ether oxygens (including phenoxy) is 1. The molecular formula is C27H33N5O6. The Hall–Kier alpha value is -3.86. The maximum atomic E-state index is 14.0. The maximum Gasteiger partial charge on any atom is 0.331 e. The molecule has 2 saturated carbocycles. The van der Waals surface area contributed by atoms with E-state index in [1.807, 2.05) is 0 Å². The second kappa shape index (κ2) is 10.1. The molecule has 1 aliphatic heterocycles. The summed E-state index contributed by atoms with van der Waals surface area (Å²) in [4.78, 5) is 58.2. The van der Waals surface area contributed by atoms with E-state index in [1.54, 1.807) is 24.3 Å². The zero-order valence-corrected chi connectivity index (χ0v) is 21.5. The fourth-order valence-electron chi connectivity index (χ4n) is 6.40. The number of hydrogen-bond donors (Lipinski definition) is 3. The molecule has 1 aromatic carbocycles. The van der Waals surface area contributed by atoms with Crippen molar-refractivity contribution in [2.24, 2.45) is 0 Å². The minimum atomic E-state index is -1.09. The highest BCUT2D eigenvalue weighted by atomic mass is 16.5. The third-order valence-corrected chi connectivity index (χ3v) is 8.17. The molecular weight excluding hydrogens is 490 g/mol. The number of rotatable bonds is 3. The molecule has 11 heteroatoms. The number of aromatic nitrogens is 4. The maximum absolute atomic E-state index is 14.0. The van der Waals surface area contributed by atoms with E-state index in [9.17, 15) is 24.3 Å². The number of para-hydroxylation sites is 1. The van der Waals surface area contributed by atoms with Gasteiger partial charge in [0.25, 0.3) is 11.1 Å². The van der Waals surface area contributed by atoms with Crippen LogP contribution >= 0.6 is 0 Å². The van der Waals surface area contributed by atoms with Gasteiger partial charge in [0.05, 0.1) is 11.5 Å². The van der Waals surface area contributed by atoms with Crippen LogP contribution < -0.4 is 38.5 Å². The van der Waals surface area contributed by atoms with Crippen LogP contribution in [0.2, 0.25) is 0 Å². The van der Waals surface area contributed by atoms with Crippen molar-refractivity contribution in [3.63, 3.8) is 0 Å². The highest BCUT2D eigenvalue weighted by Gasteiger charge is 2.37. The molecule has 2 fully saturated rings. The van der Waals surface area contributed by atoms with Crippen LogP contribution in [0.3, 0.4) is 0 Å². The average Bonchev–Trinajstić information content (AvgIpc) is 2.89. The summed E-state index contributed by atoms with van der Waals surface area (Å²) in [6, 6.07) is 6.25. The summed E-state index contributed by atoms with van der Waals surface area (Å²) in [7, 11) is 0. The summed E-state index contributed by atoms with van der Waals surface area (Å²) in [5.41, 5.74) is -2.40. The van der Waals surface area contributed by atoms with Gasteiger partial charge in [-0.25, -0.2) is 9.59 Å². The fraction of sp³-hybridized carbons (Fsp3) is 0.481. The van der Waals surface area contributed by atoms with E-state index >= 15 is 0 Å². The number of hydrogen-bond acceptors (Lipinski definition) is 6. The van der Waals surface area contributed by atoms with E-state index in [2.05, 4.69) is 9.97 Å². The molecule has 0 bridgehead atoms. The van der Waals surface area contributed by atoms with Gasteiger partial charge in [0.15, 0.2) is 0 Å². The van der Waals surface area contributed by atoms with Gasteiger partial charge in [-0.2, -0.15) is 0 Å². The van der Waals surface area contributed by atoms with E-state index in [0.717, 1.165) is 43.1 Å². The molecule has 3 aliphatic rings. The molecule has 3 heterocycles. The van der Waals surface area contributed by atoms with Crippen LogP contribution in [0, 0.1) is 0 Å². The van der Waals surface area contributed by atoms with Gasteiger partial charge in [-0.1, -0.05) is 56.7 Å². The lowest BCUT2D eigenvalue weighted by molar-refractivity contribution is -0.282. The summed E-state index contributed by atoms with van der Waals surface area (Å²) < 4.78 is 8.30. The summed E-state index contributed by atoms with van der Waals surface area (Å²) in [5, 5.41) is 13.9. The smallest absolute Gasteiger partial charge is 0.331 e. The molecule has 202 valence electrons. The SMILES string of the molecule is O=c1[nH]c(=O)n(C2CCCCC2)c([O-])c1C1c2ccccc2Oc2[nH]c(=O)n(C3CCCCC3)c(=O)c21.[NH4+]. The van der Waals surface area contributed by atoms with Crippen molar-refractivity contribution < 1.29 is 9.84 Å². The van der Waals surface area contributed by atoms with Gasteiger partial charge in [-0.15, -0.1) is 0 Å². The van der Waals surface area contributed by atoms with E-state index in [1.165, 1.54) is 4.57 Å². The van der Waals surface area contributed by atoms with Crippen molar-refractivity contribution in [2.75, 3.05) is 0 Å². The van der Waals surface area contributed by atoms with Gasteiger partial charge in [-0.3, -0.25) is 24.1 Å². The lowest BCUT2D eigenvalue weighted by atomic mass is 9.84. The lowest BCUT2D eigenvalue weighted by Crippen LogP contribution is -2.44. The van der Waals surface area contributed by atoms with Crippen molar-refractivity contribution in [2.45, 2.75) is 82.2 Å². The van der Waals surface area contributed by atoms with Crippen LogP contribution in [-0.4, -0.2) is 19.1 Å². The molecule has 2 aromatic heterocycles. The summed E-state index contributed by atoms with van der Waals surface area (Å²) in [6.07, 6.45) is 8.42. The third-order valence-electron chi connectivity index (χ3n) is 8.17. The molecule has 0 spiro atoms. The summed E-state index contributed by atoms with van der Waals surface area (Å²) in [5.74, 6) is -1.52. The Balaban J connectivity index is 0.00000294. The molecule has 0 saturated heterocycles. The van der Waals surface area contributed by atoms with Gasteiger partial charge in [-0.05, 0) is 37.6 Å². The molecule has 0 radical (unpaired) electrons. The molecule has 11 nitrogen and oxygen atoms in total. The Bertz CT molecular complexity index is 1590. The second-order valence-electron chi connectivity index (χ2n) is 10.4. The highest BCUT2D eigenvalue weighted by molar-refractivity contribution is 5.56. The van der Waals surface area contributed by atoms with Gasteiger partial charge in [0, 0.05) is 23.2 Å². The number of benzene rings is 1. The average molecular weight is 524 g/mol. The summed E-state index contributed by atoms with van der Waals surface area (Å²) in [6.45, 7) is 0. The van der Waals surface area contributed by atoms with E-state index in [0.29, 0.717) is 37.0 Å². The molecule has 6 rings (SSSR count). The topological polar surface area (TPSA) is 179 Å². The van der Waals surface area contributed by atoms with E-state index in [-0.39, 0.29) is 35.2 Å². The number of aromatic amines is 2. The highest BCUT2D eigenvalue weighted by Crippen LogP contribution is 2.45. The van der Waals surface area contributed by atoms with Gasteiger partial charge in [0.2, 0.25) is 5.88 Å². The Morgan fingerprint density at radius 3 is 2.00 bits per heavy atom. The molecule has 1 unspecified atom stereocenters. The van der Waals surface area contributed by atoms with Crippen molar-refractivity contribution >= 4 is 0 Å². The van der Waals surface area contributed by atoms with Gasteiger partial charge in [0.1, 0.15) is 5.75 Å². The lowest BCUT2D eigenvalue weighted by Gasteiger charge is -2.34. The largest absolute Gasteiger partial charge is 0.860 e. The predicted molar refractivity (Wildman–Crippen MR) is 140 cm³/mol. The Morgan fingerprint density at radius 2 is 1.34 bits per heavy atom. The van der Waals surface area contributed by atoms with E-state index < -0.39 is 34.3 Å². The molecule has 3 aromatic rings. The molecule has 1 atom stereocenters. The van der Waals surface area contributed by atoms with Gasteiger partial charge >= 0.3 is 11.4 Å². The van der Waals surface area contributed by atoms with E-state index in [4.69, 9.17) is 4.74 Å². The quantitative estimate of drug-likeness (QED) is 0.371. The molecule has 0 amide bonds. The van der Waals surface area contributed by atoms with Crippen LogP contribution in [0.1, 0.15) is 98.9 Å². The van der Waals surface area contributed by atoms with Crippen molar-refractivity contribution in [3.8, 4) is 17.5 Å². The van der Waals surface area contributed by atoms with Crippen molar-refractivity contribution in [1.82, 2.24) is 25.3 Å². The fourth-order valence-corrected chi connectivity index (χ4v) is 6.40. The van der Waals surface area contributed by atoms with Crippen LogP contribution in [0.15, 0.2) is 43.4 Å². The van der Waals surface area contributed by atoms with Crippen LogP contribution in [0.5, 0.6) is 17.5 Å². The zero-order valence-electron chi connectivity index (χ0n) is 21.5. The Labute approximate surface area is 217 Å². The van der Waals surface area contributed by atoms with Crippen LogP contribution in [0.4, 0.5) is 0 Å². The normalized spacial score (nSPS) is 19.6. The first kappa shape index (κ1) is 25.8. The minimum absolute atomic E-state index is 0. The molecule has 38 heavy (non-hydrogen) atoms. The number of fused-ring (bicyclic) bond motifs is 2. The second-order valence-corrected chi connectivity index (χ2v) is 10.4. The minimum Gasteiger partial charge on any atom is -0.860 e. The van der Waals surface area contributed by atoms with Gasteiger partial charge < -0.3 is 20.6 Å².